The molecule has 1 unspecified atom stereocenters. The minimum atomic E-state index is -3.79. The van der Waals surface area contributed by atoms with E-state index in [0.29, 0.717) is 32.4 Å². The Labute approximate surface area is 199 Å². The van der Waals surface area contributed by atoms with Crippen LogP contribution in [0.15, 0.2) is 76.1 Å². The summed E-state index contributed by atoms with van der Waals surface area (Å²) in [4.78, 5) is 12.5. The fraction of sp³-hybridized carbons (Fsp3) is 0.136. The van der Waals surface area contributed by atoms with Gasteiger partial charge in [-0.15, -0.1) is 0 Å². The average molecular weight is 540 g/mol. The number of anilines is 2. The van der Waals surface area contributed by atoms with Crippen molar-refractivity contribution in [2.24, 2.45) is 0 Å². The van der Waals surface area contributed by atoms with Gasteiger partial charge < -0.3 is 14.8 Å². The SMILES string of the molecule is COc1ccc(NS(=O)(=O)c2ccc(NC(=O)C(C)Oc3ccc(Cl)cc3Br)cc2)cc1. The molecule has 0 fully saturated rings. The van der Waals surface area contributed by atoms with Crippen LogP contribution in [0.2, 0.25) is 5.02 Å². The van der Waals surface area contributed by atoms with Crippen LogP contribution in [0, 0.1) is 0 Å². The van der Waals surface area contributed by atoms with Crippen LogP contribution in [0.1, 0.15) is 6.92 Å². The molecule has 3 rings (SSSR count). The van der Waals surface area contributed by atoms with E-state index in [1.54, 1.807) is 49.4 Å². The molecule has 168 valence electrons. The molecule has 3 aromatic carbocycles. The monoisotopic (exact) mass is 538 g/mol. The maximum Gasteiger partial charge on any atom is 0.265 e. The summed E-state index contributed by atoms with van der Waals surface area (Å²) in [6.45, 7) is 1.61. The van der Waals surface area contributed by atoms with Crippen molar-refractivity contribution in [2.75, 3.05) is 17.1 Å². The summed E-state index contributed by atoms with van der Waals surface area (Å²) in [5.74, 6) is 0.705. The van der Waals surface area contributed by atoms with Crippen LogP contribution in [-0.4, -0.2) is 27.5 Å². The van der Waals surface area contributed by atoms with Crippen molar-refractivity contribution in [3.63, 3.8) is 0 Å². The largest absolute Gasteiger partial charge is 0.497 e. The van der Waals surface area contributed by atoms with E-state index in [0.717, 1.165) is 0 Å². The number of amides is 1. The van der Waals surface area contributed by atoms with Crippen molar-refractivity contribution < 1.29 is 22.7 Å². The molecule has 10 heteroatoms. The van der Waals surface area contributed by atoms with Gasteiger partial charge in [0.25, 0.3) is 15.9 Å². The minimum Gasteiger partial charge on any atom is -0.497 e. The first kappa shape index (κ1) is 23.9. The maximum absolute atomic E-state index is 12.6. The second-order valence-corrected chi connectivity index (χ2v) is 9.66. The topological polar surface area (TPSA) is 93.7 Å². The summed E-state index contributed by atoms with van der Waals surface area (Å²) in [6, 6.07) is 17.3. The van der Waals surface area contributed by atoms with Crippen LogP contribution in [0.3, 0.4) is 0 Å². The third-order valence-electron chi connectivity index (χ3n) is 4.34. The summed E-state index contributed by atoms with van der Waals surface area (Å²) in [7, 11) is -2.26. The van der Waals surface area contributed by atoms with Gasteiger partial charge in [0.2, 0.25) is 0 Å². The molecule has 0 heterocycles. The van der Waals surface area contributed by atoms with Crippen LogP contribution in [0.4, 0.5) is 11.4 Å². The Balaban J connectivity index is 1.63. The number of methoxy groups -OCH3 is 1. The number of halogens is 2. The number of benzene rings is 3. The number of rotatable bonds is 8. The third kappa shape index (κ3) is 6.15. The van der Waals surface area contributed by atoms with Gasteiger partial charge in [0, 0.05) is 16.4 Å². The molecule has 0 aliphatic heterocycles. The van der Waals surface area contributed by atoms with Gasteiger partial charge in [-0.2, -0.15) is 0 Å². The molecule has 3 aromatic rings. The summed E-state index contributed by atoms with van der Waals surface area (Å²) >= 11 is 9.25. The number of hydrogen-bond acceptors (Lipinski definition) is 5. The van der Waals surface area contributed by atoms with Crippen LogP contribution >= 0.6 is 27.5 Å². The Morgan fingerprint density at radius 2 is 1.62 bits per heavy atom. The minimum absolute atomic E-state index is 0.0562. The number of carbonyl (C=O) groups is 1. The quantitative estimate of drug-likeness (QED) is 0.404. The first-order chi connectivity index (χ1) is 15.2. The molecule has 32 heavy (non-hydrogen) atoms. The van der Waals surface area contributed by atoms with Crippen molar-refractivity contribution in [3.05, 3.63) is 76.2 Å². The summed E-state index contributed by atoms with van der Waals surface area (Å²) in [5, 5.41) is 3.24. The van der Waals surface area contributed by atoms with Gasteiger partial charge >= 0.3 is 0 Å². The van der Waals surface area contributed by atoms with E-state index in [2.05, 4.69) is 26.0 Å². The Bertz CT molecular complexity index is 1200. The lowest BCUT2D eigenvalue weighted by Gasteiger charge is -2.16. The lowest BCUT2D eigenvalue weighted by Crippen LogP contribution is -2.30. The molecular formula is C22H20BrClN2O5S. The van der Waals surface area contributed by atoms with E-state index >= 15 is 0 Å². The van der Waals surface area contributed by atoms with E-state index in [4.69, 9.17) is 21.1 Å². The number of nitrogens with one attached hydrogen (secondary N) is 2. The molecule has 0 aromatic heterocycles. The number of carbonyl (C=O) groups excluding carboxylic acids is 1. The summed E-state index contributed by atoms with van der Waals surface area (Å²) in [5.41, 5.74) is 0.839. The molecule has 0 saturated carbocycles. The fourth-order valence-electron chi connectivity index (χ4n) is 2.65. The van der Waals surface area contributed by atoms with Crippen molar-refractivity contribution in [2.45, 2.75) is 17.9 Å². The van der Waals surface area contributed by atoms with Crippen LogP contribution in [-0.2, 0) is 14.8 Å². The maximum atomic E-state index is 12.6. The zero-order valence-corrected chi connectivity index (χ0v) is 20.3. The highest BCUT2D eigenvalue weighted by Gasteiger charge is 2.18. The highest BCUT2D eigenvalue weighted by atomic mass is 79.9. The highest BCUT2D eigenvalue weighted by Crippen LogP contribution is 2.29. The van der Waals surface area contributed by atoms with Gasteiger partial charge in [-0.25, -0.2) is 8.42 Å². The van der Waals surface area contributed by atoms with E-state index < -0.39 is 16.1 Å². The standard InChI is InChI=1S/C22H20BrClN2O5S/c1-14(31-21-12-3-15(24)13-20(21)23)22(27)25-16-6-10-19(11-7-16)32(28,29)26-17-4-8-18(30-2)9-5-17/h3-14,26H,1-2H3,(H,25,27). The van der Waals surface area contributed by atoms with Gasteiger partial charge in [-0.3, -0.25) is 9.52 Å². The predicted molar refractivity (Wildman–Crippen MR) is 128 cm³/mol. The molecule has 0 bridgehead atoms. The summed E-state index contributed by atoms with van der Waals surface area (Å²) < 4.78 is 39.0. The number of sulfonamides is 1. The molecule has 0 saturated heterocycles. The number of hydrogen-bond donors (Lipinski definition) is 2. The molecule has 0 aliphatic rings. The predicted octanol–water partition coefficient (Wildman–Crippen LogP) is 5.32. The molecule has 1 atom stereocenters. The van der Waals surface area contributed by atoms with Crippen molar-refractivity contribution in [1.29, 1.82) is 0 Å². The highest BCUT2D eigenvalue weighted by molar-refractivity contribution is 9.10. The van der Waals surface area contributed by atoms with E-state index in [9.17, 15) is 13.2 Å². The first-order valence-electron chi connectivity index (χ1n) is 9.37. The third-order valence-corrected chi connectivity index (χ3v) is 6.59. The first-order valence-corrected chi connectivity index (χ1v) is 12.0. The van der Waals surface area contributed by atoms with Gasteiger partial charge in [-0.05, 0) is 89.6 Å². The van der Waals surface area contributed by atoms with Gasteiger partial charge in [0.05, 0.1) is 16.5 Å². The molecular weight excluding hydrogens is 520 g/mol. The van der Waals surface area contributed by atoms with Crippen LogP contribution < -0.4 is 19.5 Å². The zero-order chi connectivity index (χ0) is 23.3. The fourth-order valence-corrected chi connectivity index (χ4v) is 4.48. The number of ether oxygens (including phenoxy) is 2. The van der Waals surface area contributed by atoms with E-state index in [1.165, 1.54) is 31.4 Å². The zero-order valence-electron chi connectivity index (χ0n) is 17.1. The van der Waals surface area contributed by atoms with Gasteiger partial charge in [-0.1, -0.05) is 11.6 Å². The molecule has 0 spiro atoms. The van der Waals surface area contributed by atoms with Crippen LogP contribution in [0.25, 0.3) is 0 Å². The molecule has 7 nitrogen and oxygen atoms in total. The summed E-state index contributed by atoms with van der Waals surface area (Å²) in [6.07, 6.45) is -0.798. The molecule has 1 amide bonds. The Morgan fingerprint density at radius 1 is 1.00 bits per heavy atom. The van der Waals surface area contributed by atoms with Gasteiger partial charge in [0.1, 0.15) is 11.5 Å². The average Bonchev–Trinajstić information content (AvgIpc) is 2.76. The Kier molecular flexibility index (Phi) is 7.65. The van der Waals surface area contributed by atoms with Crippen molar-refractivity contribution in [1.82, 2.24) is 0 Å². The molecule has 0 radical (unpaired) electrons. The lowest BCUT2D eigenvalue weighted by atomic mass is 10.3. The second-order valence-electron chi connectivity index (χ2n) is 6.68. The van der Waals surface area contributed by atoms with Gasteiger partial charge in [0.15, 0.2) is 6.10 Å². The smallest absolute Gasteiger partial charge is 0.265 e. The Hall–Kier alpha value is -2.75. The molecule has 0 aliphatic carbocycles. The van der Waals surface area contributed by atoms with E-state index in [1.807, 2.05) is 0 Å². The van der Waals surface area contributed by atoms with Crippen molar-refractivity contribution >= 4 is 54.8 Å². The molecule has 2 N–H and O–H groups in total. The van der Waals surface area contributed by atoms with Crippen LogP contribution in [0.5, 0.6) is 11.5 Å². The van der Waals surface area contributed by atoms with Crippen molar-refractivity contribution in [3.8, 4) is 11.5 Å². The normalized spacial score (nSPS) is 12.0. The Morgan fingerprint density at radius 3 is 2.22 bits per heavy atom. The van der Waals surface area contributed by atoms with E-state index in [-0.39, 0.29) is 10.8 Å². The second kappa shape index (κ2) is 10.2. The lowest BCUT2D eigenvalue weighted by molar-refractivity contribution is -0.122.